The fraction of sp³-hybridized carbons (Fsp3) is 0.143. The zero-order valence-corrected chi connectivity index (χ0v) is 9.53. The molecule has 1 nitrogen and oxygen atoms in total. The van der Waals surface area contributed by atoms with Crippen LogP contribution in [0.5, 0.6) is 0 Å². The molecule has 0 bridgehead atoms. The van der Waals surface area contributed by atoms with Crippen molar-refractivity contribution in [3.05, 3.63) is 26.8 Å². The van der Waals surface area contributed by atoms with Crippen LogP contribution in [-0.4, -0.2) is 10.8 Å². The number of hydrogen-bond acceptors (Lipinski definition) is 1. The highest BCUT2D eigenvalue weighted by atomic mass is 127. The summed E-state index contributed by atoms with van der Waals surface area (Å²) in [5.74, 6) is 0. The Labute approximate surface area is 87.5 Å². The summed E-state index contributed by atoms with van der Waals surface area (Å²) < 4.78 is 11.9. The van der Waals surface area contributed by atoms with Gasteiger partial charge in [0.25, 0.3) is 0 Å². The van der Waals surface area contributed by atoms with Gasteiger partial charge >= 0.3 is 0 Å². The maximum absolute atomic E-state index is 11.0. The van der Waals surface area contributed by atoms with Crippen molar-refractivity contribution in [3.63, 3.8) is 0 Å². The molecule has 1 atom stereocenters. The first-order valence-electron chi connectivity index (χ1n) is 2.90. The van der Waals surface area contributed by atoms with Gasteiger partial charge in [0.05, 0.1) is 5.02 Å². The van der Waals surface area contributed by atoms with Crippen LogP contribution in [0.3, 0.4) is 0 Å². The minimum atomic E-state index is -0.935. The highest BCUT2D eigenvalue weighted by Gasteiger charge is 2.05. The van der Waals surface area contributed by atoms with Crippen LogP contribution >= 0.6 is 34.2 Å². The van der Waals surface area contributed by atoms with Crippen LogP contribution in [0.4, 0.5) is 0 Å². The lowest BCUT2D eigenvalue weighted by atomic mass is 10.4. The quantitative estimate of drug-likeness (QED) is 0.578. The summed E-state index contributed by atoms with van der Waals surface area (Å²) in [5, 5.41) is 0.665. The Morgan fingerprint density at radius 3 is 2.64 bits per heavy atom. The largest absolute Gasteiger partial charge is 0.612 e. The number of rotatable bonds is 1. The van der Waals surface area contributed by atoms with Gasteiger partial charge in [-0.2, -0.15) is 0 Å². The molecule has 60 valence electrons. The van der Waals surface area contributed by atoms with Crippen LogP contribution in [0.25, 0.3) is 0 Å². The van der Waals surface area contributed by atoms with E-state index in [1.165, 1.54) is 0 Å². The molecule has 0 aromatic heterocycles. The fourth-order valence-electron chi connectivity index (χ4n) is 0.656. The third-order valence-corrected chi connectivity index (χ3v) is 3.71. The Kier molecular flexibility index (Phi) is 3.49. The van der Waals surface area contributed by atoms with Gasteiger partial charge < -0.3 is 4.55 Å². The molecule has 0 amide bonds. The average molecular weight is 301 g/mol. The molecule has 0 saturated heterocycles. The second kappa shape index (κ2) is 3.98. The lowest BCUT2D eigenvalue weighted by Crippen LogP contribution is -1.96. The molecule has 1 unspecified atom stereocenters. The molecule has 1 rings (SSSR count). The Morgan fingerprint density at radius 2 is 2.18 bits per heavy atom. The highest BCUT2D eigenvalue weighted by molar-refractivity contribution is 14.1. The van der Waals surface area contributed by atoms with Crippen molar-refractivity contribution < 1.29 is 4.55 Å². The number of hydrogen-bond donors (Lipinski definition) is 0. The molecular weight excluding hydrogens is 294 g/mol. The molecule has 0 fully saturated rings. The van der Waals surface area contributed by atoms with Gasteiger partial charge in [-0.25, -0.2) is 0 Å². The van der Waals surface area contributed by atoms with Gasteiger partial charge in [-0.15, -0.1) is 0 Å². The van der Waals surface area contributed by atoms with Gasteiger partial charge in [-0.3, -0.25) is 0 Å². The Bertz CT molecular complexity index is 265. The summed E-state index contributed by atoms with van der Waals surface area (Å²) in [4.78, 5) is 0.774. The third-order valence-electron chi connectivity index (χ3n) is 1.22. The molecule has 0 aliphatic heterocycles. The molecule has 11 heavy (non-hydrogen) atoms. The van der Waals surface area contributed by atoms with Crippen molar-refractivity contribution in [2.75, 3.05) is 6.26 Å². The number of halogens is 2. The van der Waals surface area contributed by atoms with E-state index in [0.717, 1.165) is 8.47 Å². The SMILES string of the molecule is C[S+]([O-])c1ccc(I)c(Cl)c1. The zero-order valence-electron chi connectivity index (χ0n) is 5.80. The maximum atomic E-state index is 11.0. The standard InChI is InChI=1S/C7H6ClIOS/c1-11(10)5-2-3-7(9)6(8)4-5/h2-4H,1H3. The van der Waals surface area contributed by atoms with Gasteiger partial charge in [-0.1, -0.05) is 11.6 Å². The topological polar surface area (TPSA) is 23.1 Å². The van der Waals surface area contributed by atoms with E-state index < -0.39 is 11.2 Å². The molecule has 0 aliphatic carbocycles. The van der Waals surface area contributed by atoms with Crippen LogP contribution in [0.2, 0.25) is 5.02 Å². The summed E-state index contributed by atoms with van der Waals surface area (Å²) in [6, 6.07) is 5.42. The molecule has 0 radical (unpaired) electrons. The van der Waals surface area contributed by atoms with E-state index in [-0.39, 0.29) is 0 Å². The van der Waals surface area contributed by atoms with E-state index in [0.29, 0.717) is 5.02 Å². The van der Waals surface area contributed by atoms with E-state index in [1.807, 2.05) is 12.1 Å². The third kappa shape index (κ3) is 2.50. The van der Waals surface area contributed by atoms with E-state index >= 15 is 0 Å². The van der Waals surface area contributed by atoms with Crippen LogP contribution in [0, 0.1) is 3.57 Å². The summed E-state index contributed by atoms with van der Waals surface area (Å²) in [5.41, 5.74) is 0. The van der Waals surface area contributed by atoms with Crippen molar-refractivity contribution in [2.24, 2.45) is 0 Å². The van der Waals surface area contributed by atoms with Crippen molar-refractivity contribution in [3.8, 4) is 0 Å². The highest BCUT2D eigenvalue weighted by Crippen LogP contribution is 2.21. The summed E-state index contributed by atoms with van der Waals surface area (Å²) >= 11 is 7.01. The lowest BCUT2D eigenvalue weighted by molar-refractivity contribution is 0.601. The normalized spacial score (nSPS) is 13.1. The second-order valence-corrected chi connectivity index (χ2v) is 4.98. The Hall–Kier alpha value is 0.550. The van der Waals surface area contributed by atoms with Crippen molar-refractivity contribution in [2.45, 2.75) is 4.90 Å². The van der Waals surface area contributed by atoms with Gasteiger partial charge in [0, 0.05) is 9.64 Å². The second-order valence-electron chi connectivity index (χ2n) is 2.03. The predicted molar refractivity (Wildman–Crippen MR) is 56.5 cm³/mol. The van der Waals surface area contributed by atoms with Crippen molar-refractivity contribution >= 4 is 45.4 Å². The van der Waals surface area contributed by atoms with Gasteiger partial charge in [0.2, 0.25) is 0 Å². The molecule has 1 aromatic carbocycles. The Morgan fingerprint density at radius 1 is 1.55 bits per heavy atom. The zero-order chi connectivity index (χ0) is 8.43. The lowest BCUT2D eigenvalue weighted by Gasteiger charge is -2.04. The summed E-state index contributed by atoms with van der Waals surface area (Å²) in [6.07, 6.45) is 1.64. The molecular formula is C7H6ClIOS. The predicted octanol–water partition coefficient (Wildman–Crippen LogP) is 2.68. The van der Waals surface area contributed by atoms with Crippen LogP contribution in [0.15, 0.2) is 23.1 Å². The summed E-state index contributed by atoms with van der Waals surface area (Å²) in [6.45, 7) is 0. The van der Waals surface area contributed by atoms with Gasteiger partial charge in [0.1, 0.15) is 6.26 Å². The van der Waals surface area contributed by atoms with E-state index in [4.69, 9.17) is 11.6 Å². The molecule has 0 saturated carbocycles. The van der Waals surface area contributed by atoms with Crippen molar-refractivity contribution in [1.29, 1.82) is 0 Å². The van der Waals surface area contributed by atoms with Crippen LogP contribution < -0.4 is 0 Å². The van der Waals surface area contributed by atoms with Crippen LogP contribution in [0.1, 0.15) is 0 Å². The van der Waals surface area contributed by atoms with Gasteiger partial charge in [0.15, 0.2) is 4.90 Å². The van der Waals surface area contributed by atoms with E-state index in [2.05, 4.69) is 22.6 Å². The average Bonchev–Trinajstić information content (AvgIpc) is 1.94. The maximum Gasteiger partial charge on any atom is 0.153 e. The molecule has 0 aliphatic rings. The smallest absolute Gasteiger partial charge is 0.153 e. The minimum absolute atomic E-state index is 0.665. The first-order valence-corrected chi connectivity index (χ1v) is 5.91. The minimum Gasteiger partial charge on any atom is -0.612 e. The Balaban J connectivity index is 3.05. The molecule has 0 N–H and O–H groups in total. The van der Waals surface area contributed by atoms with Gasteiger partial charge in [-0.05, 0) is 45.9 Å². The first-order chi connectivity index (χ1) is 5.11. The summed E-state index contributed by atoms with van der Waals surface area (Å²) in [7, 11) is 0. The van der Waals surface area contributed by atoms with Crippen LogP contribution in [-0.2, 0) is 11.2 Å². The number of benzene rings is 1. The van der Waals surface area contributed by atoms with Crippen molar-refractivity contribution in [1.82, 2.24) is 0 Å². The molecule has 0 heterocycles. The molecule has 4 heteroatoms. The molecule has 0 spiro atoms. The van der Waals surface area contributed by atoms with E-state index in [9.17, 15) is 4.55 Å². The first kappa shape index (κ1) is 9.64. The van der Waals surface area contributed by atoms with E-state index in [1.54, 1.807) is 12.3 Å². The molecule has 1 aromatic rings. The fourth-order valence-corrected chi connectivity index (χ4v) is 1.78. The monoisotopic (exact) mass is 300 g/mol.